The number of nitrogens with one attached hydrogen (secondary N) is 3. The van der Waals surface area contributed by atoms with Gasteiger partial charge in [0.2, 0.25) is 17.7 Å². The van der Waals surface area contributed by atoms with Crippen molar-refractivity contribution in [3.63, 3.8) is 0 Å². The minimum absolute atomic E-state index is 0.227. The van der Waals surface area contributed by atoms with Gasteiger partial charge in [-0.1, -0.05) is 18.2 Å². The molecule has 4 aromatic rings. The highest BCUT2D eigenvalue weighted by atomic mass is 19.1. The lowest BCUT2D eigenvalue weighted by Crippen LogP contribution is -2.53. The van der Waals surface area contributed by atoms with Crippen LogP contribution in [0.5, 0.6) is 0 Å². The second kappa shape index (κ2) is 7.57. The van der Waals surface area contributed by atoms with E-state index in [0.29, 0.717) is 17.7 Å². The number of hydrogen-bond acceptors (Lipinski definition) is 4. The molecule has 0 aliphatic carbocycles. The summed E-state index contributed by atoms with van der Waals surface area (Å²) in [4.78, 5) is 45.6. The first-order valence-electron chi connectivity index (χ1n) is 12.0. The zero-order valence-corrected chi connectivity index (χ0v) is 19.3. The minimum atomic E-state index is -1.62. The number of aromatic nitrogens is 1. The third-order valence-electron chi connectivity index (χ3n) is 7.88. The Kier molecular flexibility index (Phi) is 4.47. The molecular weight excluding hydrogens is 478 g/mol. The summed E-state index contributed by atoms with van der Waals surface area (Å²) in [7, 11) is 0. The van der Waals surface area contributed by atoms with Crippen LogP contribution in [-0.4, -0.2) is 28.7 Å². The third-order valence-corrected chi connectivity index (χ3v) is 7.88. The fourth-order valence-electron chi connectivity index (χ4n) is 6.33. The van der Waals surface area contributed by atoms with Gasteiger partial charge in [-0.2, -0.15) is 0 Å². The van der Waals surface area contributed by atoms with Crippen LogP contribution in [0.1, 0.15) is 11.1 Å². The molecule has 0 bridgehead atoms. The molecule has 1 aromatic heterocycles. The van der Waals surface area contributed by atoms with Crippen LogP contribution in [0.15, 0.2) is 72.9 Å². The van der Waals surface area contributed by atoms with E-state index in [4.69, 9.17) is 0 Å². The molecule has 7 rings (SSSR count). The number of H-pyrrole nitrogens is 1. The van der Waals surface area contributed by atoms with Gasteiger partial charge in [-0.3, -0.25) is 19.7 Å². The first-order valence-corrected chi connectivity index (χ1v) is 12.0. The number of benzene rings is 3. The SMILES string of the molecule is O=C1[C@@H]2[C@H](Cc3c[nH]c4ccccc34)N[C@]3(C(=O)Nc4ccc(F)cc43)[C@H]2C(=O)N1c1ccc(F)cc1. The van der Waals surface area contributed by atoms with Crippen molar-refractivity contribution in [3.05, 3.63) is 95.7 Å². The van der Waals surface area contributed by atoms with E-state index >= 15 is 0 Å². The van der Waals surface area contributed by atoms with Crippen LogP contribution in [0.25, 0.3) is 10.9 Å². The molecule has 4 atom stereocenters. The van der Waals surface area contributed by atoms with Crippen LogP contribution in [0.3, 0.4) is 0 Å². The second-order valence-electron chi connectivity index (χ2n) is 9.76. The van der Waals surface area contributed by atoms with Crippen molar-refractivity contribution < 1.29 is 23.2 Å². The summed E-state index contributed by atoms with van der Waals surface area (Å²) in [5, 5.41) is 7.06. The van der Waals surface area contributed by atoms with Gasteiger partial charge in [0.15, 0.2) is 0 Å². The lowest BCUT2D eigenvalue weighted by atomic mass is 9.76. The Morgan fingerprint density at radius 1 is 0.892 bits per heavy atom. The van der Waals surface area contributed by atoms with E-state index in [0.717, 1.165) is 21.4 Å². The number of fused-ring (bicyclic) bond motifs is 5. The van der Waals surface area contributed by atoms with Crippen LogP contribution >= 0.6 is 0 Å². The molecule has 37 heavy (non-hydrogen) atoms. The highest BCUT2D eigenvalue weighted by molar-refractivity contribution is 6.25. The van der Waals surface area contributed by atoms with Crippen molar-refractivity contribution in [2.75, 3.05) is 10.2 Å². The maximum absolute atomic E-state index is 14.4. The van der Waals surface area contributed by atoms with Crippen molar-refractivity contribution in [1.29, 1.82) is 0 Å². The molecule has 2 fully saturated rings. The van der Waals surface area contributed by atoms with Crippen LogP contribution in [0.2, 0.25) is 0 Å². The fourth-order valence-corrected chi connectivity index (χ4v) is 6.33. The number of nitrogens with zero attached hydrogens (tertiary/aromatic N) is 1. The summed E-state index contributed by atoms with van der Waals surface area (Å²) in [6, 6.07) is 16.1. The third kappa shape index (κ3) is 2.91. The fraction of sp³-hybridized carbons (Fsp3) is 0.179. The Bertz CT molecular complexity index is 1630. The molecule has 7 nitrogen and oxygen atoms in total. The van der Waals surface area contributed by atoms with Crippen LogP contribution in [0.4, 0.5) is 20.2 Å². The number of carbonyl (C=O) groups is 3. The van der Waals surface area contributed by atoms with Crippen LogP contribution in [-0.2, 0) is 26.3 Å². The van der Waals surface area contributed by atoms with Gasteiger partial charge < -0.3 is 10.3 Å². The summed E-state index contributed by atoms with van der Waals surface area (Å²) >= 11 is 0. The van der Waals surface area contributed by atoms with E-state index < -0.39 is 52.8 Å². The molecule has 1 spiro atoms. The van der Waals surface area contributed by atoms with Crippen LogP contribution in [0, 0.1) is 23.5 Å². The average molecular weight is 498 g/mol. The Hall–Kier alpha value is -4.37. The molecule has 9 heteroatoms. The topological polar surface area (TPSA) is 94.3 Å². The second-order valence-corrected chi connectivity index (χ2v) is 9.76. The molecule has 0 unspecified atom stereocenters. The number of para-hydroxylation sites is 1. The molecule has 0 saturated carbocycles. The van der Waals surface area contributed by atoms with Gasteiger partial charge in [-0.25, -0.2) is 13.7 Å². The number of halogens is 2. The molecule has 3 amide bonds. The van der Waals surface area contributed by atoms with Crippen molar-refractivity contribution in [2.24, 2.45) is 11.8 Å². The first kappa shape index (κ1) is 21.9. The molecule has 0 radical (unpaired) electrons. The van der Waals surface area contributed by atoms with Crippen molar-refractivity contribution in [2.45, 2.75) is 18.0 Å². The zero-order chi connectivity index (χ0) is 25.5. The molecule has 3 aliphatic heterocycles. The first-order chi connectivity index (χ1) is 17.9. The highest BCUT2D eigenvalue weighted by Crippen LogP contribution is 2.54. The number of rotatable bonds is 3. The largest absolute Gasteiger partial charge is 0.361 e. The standard InChI is InChI=1S/C28H20F2N4O3/c29-15-5-8-17(9-6-15)34-25(35)23-22(11-14-13-31-20-4-2-1-3-18(14)20)33-28(24(23)26(34)36)19-12-16(30)7-10-21(19)32-27(28)37/h1-10,12-13,22-24,31,33H,11H2,(H,32,37)/t22-,23+,24+,28-/m0/s1. The Morgan fingerprint density at radius 2 is 1.65 bits per heavy atom. The molecule has 3 aromatic carbocycles. The number of imide groups is 1. The Morgan fingerprint density at radius 3 is 2.46 bits per heavy atom. The lowest BCUT2D eigenvalue weighted by Gasteiger charge is -2.29. The monoisotopic (exact) mass is 498 g/mol. The van der Waals surface area contributed by atoms with Gasteiger partial charge in [0, 0.05) is 34.4 Å². The number of carbonyl (C=O) groups excluding carboxylic acids is 3. The summed E-state index contributed by atoms with van der Waals surface area (Å²) in [5.74, 6) is -4.63. The predicted molar refractivity (Wildman–Crippen MR) is 132 cm³/mol. The molecule has 3 aliphatic rings. The summed E-state index contributed by atoms with van der Waals surface area (Å²) in [6.45, 7) is 0. The molecular formula is C28H20F2N4O3. The molecule has 4 heterocycles. The van der Waals surface area contributed by atoms with Gasteiger partial charge in [-0.15, -0.1) is 0 Å². The van der Waals surface area contributed by atoms with E-state index in [9.17, 15) is 23.2 Å². The van der Waals surface area contributed by atoms with E-state index in [1.165, 1.54) is 42.5 Å². The van der Waals surface area contributed by atoms with E-state index in [1.54, 1.807) is 0 Å². The predicted octanol–water partition coefficient (Wildman–Crippen LogP) is 3.61. The van der Waals surface area contributed by atoms with E-state index in [-0.39, 0.29) is 5.69 Å². The van der Waals surface area contributed by atoms with Crippen molar-refractivity contribution in [3.8, 4) is 0 Å². The summed E-state index contributed by atoms with van der Waals surface area (Å²) < 4.78 is 28.0. The van der Waals surface area contributed by atoms with Gasteiger partial charge in [-0.05, 0) is 60.5 Å². The van der Waals surface area contributed by atoms with E-state index in [1.807, 2.05) is 30.5 Å². The zero-order valence-electron chi connectivity index (χ0n) is 19.3. The molecule has 184 valence electrons. The van der Waals surface area contributed by atoms with Gasteiger partial charge >= 0.3 is 0 Å². The smallest absolute Gasteiger partial charge is 0.250 e. The number of amides is 3. The summed E-state index contributed by atoms with van der Waals surface area (Å²) in [5.41, 5.74) is 1.14. The molecule has 3 N–H and O–H groups in total. The van der Waals surface area contributed by atoms with Crippen LogP contribution < -0.4 is 15.5 Å². The van der Waals surface area contributed by atoms with Gasteiger partial charge in [0.1, 0.15) is 17.2 Å². The van der Waals surface area contributed by atoms with Crippen molar-refractivity contribution in [1.82, 2.24) is 10.3 Å². The molecule has 2 saturated heterocycles. The van der Waals surface area contributed by atoms with E-state index in [2.05, 4.69) is 15.6 Å². The number of anilines is 2. The average Bonchev–Trinajstić information content (AvgIpc) is 3.59. The Labute approximate surface area is 209 Å². The van der Waals surface area contributed by atoms with Crippen molar-refractivity contribution >= 4 is 40.0 Å². The maximum Gasteiger partial charge on any atom is 0.250 e. The maximum atomic E-state index is 14.4. The normalized spacial score (nSPS) is 26.3. The quantitative estimate of drug-likeness (QED) is 0.376. The Balaban J connectivity index is 1.38. The highest BCUT2D eigenvalue weighted by Gasteiger charge is 2.70. The number of aromatic amines is 1. The minimum Gasteiger partial charge on any atom is -0.361 e. The number of hydrogen-bond donors (Lipinski definition) is 3. The van der Waals surface area contributed by atoms with Gasteiger partial charge in [0.05, 0.1) is 17.5 Å². The summed E-state index contributed by atoms with van der Waals surface area (Å²) in [6.07, 6.45) is 2.20. The lowest BCUT2D eigenvalue weighted by molar-refractivity contribution is -0.130. The van der Waals surface area contributed by atoms with Gasteiger partial charge in [0.25, 0.3) is 0 Å².